The van der Waals surface area contributed by atoms with Gasteiger partial charge in [-0.2, -0.15) is 13.2 Å². The summed E-state index contributed by atoms with van der Waals surface area (Å²) in [6, 6.07) is 12.2. The van der Waals surface area contributed by atoms with Crippen LogP contribution in [0.15, 0.2) is 59.9 Å². The van der Waals surface area contributed by atoms with E-state index in [1.165, 1.54) is 34.1 Å². The molecule has 29 heavy (non-hydrogen) atoms. The molecule has 1 heterocycles. The molecule has 8 nitrogen and oxygen atoms in total. The Morgan fingerprint density at radius 1 is 1.07 bits per heavy atom. The van der Waals surface area contributed by atoms with Crippen molar-refractivity contribution in [2.45, 2.75) is 12.6 Å². The van der Waals surface area contributed by atoms with Gasteiger partial charge in [0.1, 0.15) is 6.33 Å². The van der Waals surface area contributed by atoms with Crippen molar-refractivity contribution < 1.29 is 18.0 Å². The summed E-state index contributed by atoms with van der Waals surface area (Å²) in [5.41, 5.74) is 15.1. The lowest BCUT2D eigenvalue weighted by Gasteiger charge is -2.07. The van der Waals surface area contributed by atoms with Gasteiger partial charge in [0, 0.05) is 5.56 Å². The molecule has 1 aromatic heterocycles. The zero-order valence-electron chi connectivity index (χ0n) is 14.8. The molecule has 0 saturated heterocycles. The highest BCUT2D eigenvalue weighted by atomic mass is 19.4. The molecule has 0 aliphatic carbocycles. The van der Waals surface area contributed by atoms with Gasteiger partial charge in [0.2, 0.25) is 6.08 Å². The van der Waals surface area contributed by atoms with E-state index in [-0.39, 0.29) is 0 Å². The van der Waals surface area contributed by atoms with Crippen molar-refractivity contribution >= 4 is 6.08 Å². The summed E-state index contributed by atoms with van der Waals surface area (Å²) in [4.78, 5) is 19.3. The van der Waals surface area contributed by atoms with Crippen LogP contribution in [0.25, 0.3) is 33.0 Å². The molecule has 0 spiro atoms. The molecule has 0 N–H and O–H groups in total. The van der Waals surface area contributed by atoms with E-state index in [0.29, 0.717) is 24.5 Å². The van der Waals surface area contributed by atoms with Crippen LogP contribution < -0.4 is 0 Å². The highest BCUT2D eigenvalue weighted by molar-refractivity contribution is 5.55. The van der Waals surface area contributed by atoms with Crippen molar-refractivity contribution in [1.29, 1.82) is 0 Å². The van der Waals surface area contributed by atoms with Crippen LogP contribution in [0.3, 0.4) is 0 Å². The Morgan fingerprint density at radius 3 is 2.24 bits per heavy atom. The third kappa shape index (κ3) is 6.03. The number of aliphatic imine (C=N–C) groups is 1. The number of alkyl halides is 3. The highest BCUT2D eigenvalue weighted by Gasteiger charge is 2.30. The molecule has 148 valence electrons. The maximum Gasteiger partial charge on any atom is 0.416 e. The van der Waals surface area contributed by atoms with E-state index in [1.807, 2.05) is 24.3 Å². The molecule has 0 aliphatic rings. The van der Waals surface area contributed by atoms with Gasteiger partial charge in [-0.3, -0.25) is 4.91 Å². The molecule has 11 heteroatoms. The maximum atomic E-state index is 12.6. The quantitative estimate of drug-likeness (QED) is 0.203. The normalized spacial score (nSPS) is 10.3. The summed E-state index contributed by atoms with van der Waals surface area (Å²) in [5, 5.41) is 4.30. The van der Waals surface area contributed by atoms with Gasteiger partial charge >= 0.3 is 6.18 Å². The summed E-state index contributed by atoms with van der Waals surface area (Å²) in [5.74, 6) is 0.461. The molecule has 0 atom stereocenters. The molecular weight excluding hydrogens is 387 g/mol. The fourth-order valence-corrected chi connectivity index (χ4v) is 2.37. The van der Waals surface area contributed by atoms with Crippen molar-refractivity contribution in [2.75, 3.05) is 6.54 Å². The van der Waals surface area contributed by atoms with Gasteiger partial charge in [-0.05, 0) is 36.2 Å². The third-order valence-corrected chi connectivity index (χ3v) is 3.74. The van der Waals surface area contributed by atoms with Gasteiger partial charge in [-0.25, -0.2) is 19.5 Å². The van der Waals surface area contributed by atoms with Gasteiger partial charge in [0.15, 0.2) is 5.82 Å². The first-order valence-electron chi connectivity index (χ1n) is 8.09. The second-order valence-corrected chi connectivity index (χ2v) is 5.57. The zero-order chi connectivity index (χ0) is 21.3. The van der Waals surface area contributed by atoms with Gasteiger partial charge in [-0.15, -0.1) is 5.10 Å². The first-order chi connectivity index (χ1) is 13.9. The summed E-state index contributed by atoms with van der Waals surface area (Å²) in [6.07, 6.45) is -0.798. The van der Waals surface area contributed by atoms with Crippen LogP contribution in [0.2, 0.25) is 0 Å². The van der Waals surface area contributed by atoms with Crippen molar-refractivity contribution in [1.82, 2.24) is 14.8 Å². The molecule has 3 rings (SSSR count). The SMILES string of the molecule is O=C=NCCc1ccc(-c2ncn(-c3ccc(C(F)(F)F)cc3)n2)cc1.[N-]=[N+]=[N-]. The summed E-state index contributed by atoms with van der Waals surface area (Å²) in [6.45, 7) is 0.379. The molecule has 2 aromatic carbocycles. The molecule has 0 saturated carbocycles. The number of halogens is 3. The van der Waals surface area contributed by atoms with E-state index in [0.717, 1.165) is 23.3 Å². The predicted molar refractivity (Wildman–Crippen MR) is 98.6 cm³/mol. The number of isocyanates is 1. The lowest BCUT2D eigenvalue weighted by molar-refractivity contribution is -0.137. The number of carbonyl (C=O) groups excluding carboxylic acids is 1. The Bertz CT molecular complexity index is 1010. The lowest BCUT2D eigenvalue weighted by atomic mass is 10.1. The van der Waals surface area contributed by atoms with E-state index in [4.69, 9.17) is 11.1 Å². The number of hydrogen-bond donors (Lipinski definition) is 0. The topological polar surface area (TPSA) is 119 Å². The van der Waals surface area contributed by atoms with Crippen LogP contribution in [-0.2, 0) is 17.4 Å². The lowest BCUT2D eigenvalue weighted by Crippen LogP contribution is -2.05. The molecule has 3 aromatic rings. The Kier molecular flexibility index (Phi) is 7.25. The van der Waals surface area contributed by atoms with Crippen LogP contribution in [-0.4, -0.2) is 27.4 Å². The van der Waals surface area contributed by atoms with Crippen LogP contribution in [0.4, 0.5) is 13.2 Å². The number of rotatable bonds is 5. The zero-order valence-corrected chi connectivity index (χ0v) is 14.8. The highest BCUT2D eigenvalue weighted by Crippen LogP contribution is 2.29. The van der Waals surface area contributed by atoms with Crippen molar-refractivity contribution in [3.63, 3.8) is 0 Å². The average Bonchev–Trinajstić information content (AvgIpc) is 3.19. The minimum atomic E-state index is -4.37. The summed E-state index contributed by atoms with van der Waals surface area (Å²) in [7, 11) is 0. The fraction of sp³-hybridized carbons (Fsp3) is 0.167. The molecule has 0 amide bonds. The van der Waals surface area contributed by atoms with E-state index in [1.54, 1.807) is 0 Å². The largest absolute Gasteiger partial charge is 0.416 e. The Hall–Kier alpha value is -3.94. The van der Waals surface area contributed by atoms with Crippen LogP contribution >= 0.6 is 0 Å². The fourth-order valence-electron chi connectivity index (χ4n) is 2.37. The monoisotopic (exact) mass is 400 g/mol. The number of benzene rings is 2. The van der Waals surface area contributed by atoms with Gasteiger partial charge in [0.05, 0.1) is 17.8 Å². The van der Waals surface area contributed by atoms with Gasteiger partial charge < -0.3 is 11.1 Å². The standard InChI is InChI=1S/C18H13F3N4O.N3/c19-18(20,21)15-5-7-16(8-6-15)25-11-23-17(24-25)14-3-1-13(2-4-14)9-10-22-12-26;1-3-2/h1-8,11H,9-10H2;/q;-1. The van der Waals surface area contributed by atoms with E-state index in [2.05, 4.69) is 15.1 Å². The van der Waals surface area contributed by atoms with Crippen molar-refractivity contribution in [3.05, 3.63) is 82.0 Å². The molecule has 0 radical (unpaired) electrons. The molecule has 0 bridgehead atoms. The first-order valence-corrected chi connectivity index (χ1v) is 8.09. The average molecular weight is 400 g/mol. The Morgan fingerprint density at radius 2 is 1.69 bits per heavy atom. The smallest absolute Gasteiger partial charge is 0.373 e. The number of hydrogen-bond acceptors (Lipinski definition) is 4. The summed E-state index contributed by atoms with van der Waals surface area (Å²) < 4.78 is 39.3. The van der Waals surface area contributed by atoms with Crippen LogP contribution in [0.5, 0.6) is 0 Å². The third-order valence-electron chi connectivity index (χ3n) is 3.74. The number of aromatic nitrogens is 3. The van der Waals surface area contributed by atoms with E-state index < -0.39 is 11.7 Å². The second-order valence-electron chi connectivity index (χ2n) is 5.57. The minimum Gasteiger partial charge on any atom is -0.373 e. The van der Waals surface area contributed by atoms with Crippen LogP contribution in [0, 0.1) is 0 Å². The molecule has 0 fully saturated rings. The summed E-state index contributed by atoms with van der Waals surface area (Å²) >= 11 is 0. The van der Waals surface area contributed by atoms with Gasteiger partial charge in [-0.1, -0.05) is 24.3 Å². The Balaban J connectivity index is 0.000000941. The van der Waals surface area contributed by atoms with Crippen molar-refractivity contribution in [3.8, 4) is 17.1 Å². The Labute approximate surface area is 162 Å². The predicted octanol–water partition coefficient (Wildman–Crippen LogP) is 4.70. The molecule has 0 unspecified atom stereocenters. The second kappa shape index (κ2) is 9.84. The van der Waals surface area contributed by atoms with Crippen molar-refractivity contribution in [2.24, 2.45) is 4.99 Å². The van der Waals surface area contributed by atoms with Gasteiger partial charge in [0.25, 0.3) is 0 Å². The van der Waals surface area contributed by atoms with E-state index >= 15 is 0 Å². The molecular formula is C18H13F3N7O-. The minimum absolute atomic E-state index is 0.379. The van der Waals surface area contributed by atoms with Crippen LogP contribution in [0.1, 0.15) is 11.1 Å². The molecule has 0 aliphatic heterocycles. The first kappa shape index (κ1) is 21.4. The maximum absolute atomic E-state index is 12.6. The number of nitrogens with zero attached hydrogens (tertiary/aromatic N) is 7. The van der Waals surface area contributed by atoms with E-state index in [9.17, 15) is 18.0 Å².